The molecule has 0 aliphatic heterocycles. The fourth-order valence-electron chi connectivity index (χ4n) is 8.75. The van der Waals surface area contributed by atoms with Crippen LogP contribution < -0.4 is 0 Å². The quantitative estimate of drug-likeness (QED) is 0.0550. The first-order valence-electron chi connectivity index (χ1n) is 20.8. The smallest absolute Gasteiger partial charge is 0.269 e. The number of aromatic hydroxyl groups is 6. The number of nitrogens with zero attached hydrogens (tertiary/aromatic N) is 2. The Balaban J connectivity index is 1.38. The zero-order valence-electron chi connectivity index (χ0n) is 35.2. The molecule has 16 heteroatoms. The summed E-state index contributed by atoms with van der Waals surface area (Å²) in [6.45, 7) is 0. The first-order chi connectivity index (χ1) is 32.5. The average molecular weight is 915 g/mol. The van der Waals surface area contributed by atoms with E-state index in [1.54, 1.807) is 0 Å². The Labute approximate surface area is 385 Å². The molecule has 0 aromatic heterocycles. The molecule has 8 aromatic rings. The highest BCUT2D eigenvalue weighted by Crippen LogP contribution is 2.49. The molecule has 340 valence electrons. The number of hydrogen-bond acceptors (Lipinski definition) is 14. The third-order valence-electron chi connectivity index (χ3n) is 12.3. The third kappa shape index (κ3) is 7.90. The van der Waals surface area contributed by atoms with Gasteiger partial charge in [-0.15, -0.1) is 0 Å². The zero-order valence-corrected chi connectivity index (χ0v) is 35.2. The summed E-state index contributed by atoms with van der Waals surface area (Å²) in [6.07, 6.45) is -7.35. The van der Waals surface area contributed by atoms with Crippen molar-refractivity contribution in [3.05, 3.63) is 210 Å². The first kappa shape index (κ1) is 44.4. The Bertz CT molecular complexity index is 3080. The van der Waals surface area contributed by atoms with Gasteiger partial charge in [-0.1, -0.05) is 24.3 Å². The van der Waals surface area contributed by atoms with Crippen molar-refractivity contribution in [2.75, 3.05) is 0 Å². The van der Waals surface area contributed by atoms with Gasteiger partial charge in [-0.2, -0.15) is 0 Å². The second kappa shape index (κ2) is 17.2. The van der Waals surface area contributed by atoms with E-state index < -0.39 is 57.3 Å². The molecule has 0 saturated heterocycles. The lowest BCUT2D eigenvalue weighted by molar-refractivity contribution is -0.385. The molecule has 0 amide bonds. The Kier molecular flexibility index (Phi) is 11.2. The number of fused-ring (bicyclic) bond motifs is 8. The van der Waals surface area contributed by atoms with Crippen molar-refractivity contribution in [1.29, 1.82) is 0 Å². The van der Waals surface area contributed by atoms with Gasteiger partial charge in [0.05, 0.1) is 9.85 Å². The van der Waals surface area contributed by atoms with Gasteiger partial charge < -0.3 is 51.1 Å². The standard InChI is InChI=1S/C52H38N2O14/c55-31-13-5-27(6-14-31)35-23-47(59)43-19-39(35)52(64)42-18-38(34(22-46(42)58)26-3-11-30(12-4-26)54(67)68)50(62)44-20-40(36(24-48(44)60)28-7-15-32(56)16-8-28)51(63)41-17-37(49(43)61)33(21-45(41)57)25-1-9-29(10-2-25)53(65)66/h1-24,49-52,55-64H. The van der Waals surface area contributed by atoms with Crippen LogP contribution in [-0.2, 0) is 0 Å². The fraction of sp³-hybridized carbons (Fsp3) is 0.0769. The summed E-state index contributed by atoms with van der Waals surface area (Å²) in [5.74, 6) is -2.26. The molecule has 4 atom stereocenters. The molecule has 0 fully saturated rings. The van der Waals surface area contributed by atoms with Crippen LogP contribution in [0.1, 0.15) is 68.9 Å². The third-order valence-corrected chi connectivity index (χ3v) is 12.3. The van der Waals surface area contributed by atoms with E-state index in [0.717, 1.165) is 0 Å². The number of phenolic OH excluding ortho intramolecular Hbond substituents is 6. The van der Waals surface area contributed by atoms with Crippen LogP contribution in [0.3, 0.4) is 0 Å². The van der Waals surface area contributed by atoms with E-state index in [0.29, 0.717) is 11.1 Å². The molecule has 68 heavy (non-hydrogen) atoms. The highest BCUT2D eigenvalue weighted by Gasteiger charge is 2.32. The Hall–Kier alpha value is -8.80. The first-order valence-corrected chi connectivity index (χ1v) is 20.8. The minimum atomic E-state index is -1.85. The van der Waals surface area contributed by atoms with Crippen LogP contribution >= 0.6 is 0 Å². The van der Waals surface area contributed by atoms with Gasteiger partial charge in [-0.3, -0.25) is 20.2 Å². The van der Waals surface area contributed by atoms with Crippen LogP contribution in [0.15, 0.2) is 146 Å². The van der Waals surface area contributed by atoms with Crippen LogP contribution in [0.5, 0.6) is 34.5 Å². The van der Waals surface area contributed by atoms with Gasteiger partial charge >= 0.3 is 0 Å². The predicted octanol–water partition coefficient (Wildman–Crippen LogP) is 9.04. The molecular weight excluding hydrogens is 877 g/mol. The van der Waals surface area contributed by atoms with Gasteiger partial charge in [0.2, 0.25) is 0 Å². The van der Waals surface area contributed by atoms with Crippen molar-refractivity contribution in [1.82, 2.24) is 0 Å². The van der Waals surface area contributed by atoms with E-state index in [1.165, 1.54) is 146 Å². The monoisotopic (exact) mass is 914 g/mol. The van der Waals surface area contributed by atoms with E-state index >= 15 is 0 Å². The summed E-state index contributed by atoms with van der Waals surface area (Å²) >= 11 is 0. The SMILES string of the molecule is O=[N+]([O-])c1ccc(-c2cc(O)c3cc2C(O)c2cc(c(-c4ccc(O)cc4)cc2O)C(O)c2cc(c(-c4ccc([N+](=O)[O-])cc4)cc2O)C(O)c2cc(c(-c4ccc(O)cc4)cc2O)C3O)cc1. The van der Waals surface area contributed by atoms with Gasteiger partial charge in [-0.25, -0.2) is 0 Å². The van der Waals surface area contributed by atoms with Crippen molar-refractivity contribution in [2.24, 2.45) is 0 Å². The number of non-ortho nitro benzene ring substituents is 2. The summed E-state index contributed by atoms with van der Waals surface area (Å²) in [7, 11) is 0. The zero-order chi connectivity index (χ0) is 48.3. The molecule has 9 rings (SSSR count). The molecule has 16 nitrogen and oxygen atoms in total. The lowest BCUT2D eigenvalue weighted by atomic mass is 9.82. The van der Waals surface area contributed by atoms with Crippen LogP contribution in [0.2, 0.25) is 0 Å². The van der Waals surface area contributed by atoms with Gasteiger partial charge in [0, 0.05) is 46.5 Å². The fourth-order valence-corrected chi connectivity index (χ4v) is 8.75. The molecule has 8 bridgehead atoms. The summed E-state index contributed by atoms with van der Waals surface area (Å²) in [4.78, 5) is 22.0. The van der Waals surface area contributed by atoms with Crippen molar-refractivity contribution >= 4 is 11.4 Å². The van der Waals surface area contributed by atoms with Crippen molar-refractivity contribution < 1.29 is 60.9 Å². The highest BCUT2D eigenvalue weighted by atomic mass is 16.6. The number of hydrogen-bond donors (Lipinski definition) is 10. The second-order valence-electron chi connectivity index (χ2n) is 16.3. The van der Waals surface area contributed by atoms with Gasteiger partial charge in [0.1, 0.15) is 58.9 Å². The molecule has 4 unspecified atom stereocenters. The van der Waals surface area contributed by atoms with E-state index in [-0.39, 0.29) is 101 Å². The predicted molar refractivity (Wildman–Crippen MR) is 247 cm³/mol. The van der Waals surface area contributed by atoms with Crippen molar-refractivity contribution in [3.8, 4) is 79.0 Å². The maximum absolute atomic E-state index is 12.5. The van der Waals surface area contributed by atoms with Gasteiger partial charge in [0.25, 0.3) is 11.4 Å². The minimum absolute atomic E-state index is 0.0206. The van der Waals surface area contributed by atoms with Crippen LogP contribution in [0, 0.1) is 20.2 Å². The Morgan fingerprint density at radius 1 is 0.309 bits per heavy atom. The molecule has 1 aliphatic carbocycles. The van der Waals surface area contributed by atoms with Crippen LogP contribution in [0.4, 0.5) is 11.4 Å². The maximum atomic E-state index is 12.5. The van der Waals surface area contributed by atoms with Gasteiger partial charge in [-0.05, 0) is 164 Å². The molecule has 0 heterocycles. The average Bonchev–Trinajstić information content (AvgIpc) is 3.33. The summed E-state index contributed by atoms with van der Waals surface area (Å²) in [5.41, 5.74) is 0.262. The van der Waals surface area contributed by atoms with E-state index in [1.807, 2.05) is 0 Å². The van der Waals surface area contributed by atoms with Crippen molar-refractivity contribution in [2.45, 2.75) is 24.4 Å². The van der Waals surface area contributed by atoms with Gasteiger partial charge in [0.15, 0.2) is 0 Å². The van der Waals surface area contributed by atoms with Crippen molar-refractivity contribution in [3.63, 3.8) is 0 Å². The molecule has 1 aliphatic rings. The number of phenols is 6. The summed E-state index contributed by atoms with van der Waals surface area (Å²) in [5, 5.41) is 141. The lowest BCUT2D eigenvalue weighted by Crippen LogP contribution is -2.12. The molecular formula is C52H38N2O14. The molecule has 0 radical (unpaired) electrons. The van der Waals surface area contributed by atoms with Crippen LogP contribution in [0.25, 0.3) is 44.5 Å². The second-order valence-corrected chi connectivity index (χ2v) is 16.3. The summed E-state index contributed by atoms with van der Waals surface area (Å²) < 4.78 is 0. The highest BCUT2D eigenvalue weighted by molar-refractivity contribution is 5.79. The number of aliphatic hydroxyl groups is 4. The van der Waals surface area contributed by atoms with Crippen LogP contribution in [-0.4, -0.2) is 60.9 Å². The topological polar surface area (TPSA) is 289 Å². The minimum Gasteiger partial charge on any atom is -0.508 e. The molecule has 8 aromatic carbocycles. The Morgan fingerprint density at radius 2 is 0.515 bits per heavy atom. The molecule has 0 spiro atoms. The number of rotatable bonds is 6. The number of nitro benzene ring substituents is 2. The van der Waals surface area contributed by atoms with E-state index in [4.69, 9.17) is 0 Å². The summed E-state index contributed by atoms with van der Waals surface area (Å²) in [6, 6.07) is 31.8. The van der Waals surface area contributed by atoms with E-state index in [9.17, 15) is 71.3 Å². The Morgan fingerprint density at radius 3 is 0.721 bits per heavy atom. The van der Waals surface area contributed by atoms with E-state index in [2.05, 4.69) is 0 Å². The normalized spacial score (nSPS) is 16.5. The number of benzene rings is 8. The lowest BCUT2D eigenvalue weighted by Gasteiger charge is -2.27. The largest absolute Gasteiger partial charge is 0.508 e. The maximum Gasteiger partial charge on any atom is 0.269 e. The number of nitro groups is 2. The number of aliphatic hydroxyl groups excluding tert-OH is 4. The molecule has 10 N–H and O–H groups in total. The molecule has 0 saturated carbocycles.